The first-order valence-corrected chi connectivity index (χ1v) is 14.7. The molecule has 3 aromatic rings. The van der Waals surface area contributed by atoms with Gasteiger partial charge in [-0.3, -0.25) is 14.5 Å². The highest BCUT2D eigenvalue weighted by Gasteiger charge is 2.64. The summed E-state index contributed by atoms with van der Waals surface area (Å²) >= 11 is 6.44. The minimum Gasteiger partial charge on any atom is -0.497 e. The fourth-order valence-electron chi connectivity index (χ4n) is 5.75. The number of fused-ring (bicyclic) bond motifs is 1. The number of carboxylic acid groups (broad SMARTS) is 1. The Morgan fingerprint density at radius 1 is 1.00 bits per heavy atom. The molecule has 3 heterocycles. The molecule has 2 aromatic carbocycles. The van der Waals surface area contributed by atoms with Crippen LogP contribution in [0.1, 0.15) is 17.5 Å². The number of pyridine rings is 1. The fourth-order valence-corrected chi connectivity index (χ4v) is 7.52. The van der Waals surface area contributed by atoms with Crippen LogP contribution in [0.4, 0.5) is 5.69 Å². The predicted molar refractivity (Wildman–Crippen MR) is 153 cm³/mol. The summed E-state index contributed by atoms with van der Waals surface area (Å²) in [6.07, 6.45) is -1.39. The van der Waals surface area contributed by atoms with Crippen LogP contribution in [0.3, 0.4) is 0 Å². The number of halogens is 1. The summed E-state index contributed by atoms with van der Waals surface area (Å²) in [5.41, 5.74) is -2.20. The minimum absolute atomic E-state index is 0.0177. The molecule has 0 radical (unpaired) electrons. The number of hydrogen-bond donors (Lipinski definition) is 2. The number of carbonyl (C=O) groups is 2. The topological polar surface area (TPSA) is 165 Å². The van der Waals surface area contributed by atoms with Crippen LogP contribution in [0.15, 0.2) is 53.4 Å². The van der Waals surface area contributed by atoms with Crippen molar-refractivity contribution in [2.24, 2.45) is 0 Å². The van der Waals surface area contributed by atoms with Gasteiger partial charge in [-0.25, -0.2) is 12.7 Å². The molecule has 5 rings (SSSR count). The third-order valence-electron chi connectivity index (χ3n) is 7.57. The van der Waals surface area contributed by atoms with E-state index >= 15 is 4.79 Å². The van der Waals surface area contributed by atoms with Crippen molar-refractivity contribution in [3.8, 4) is 23.3 Å². The zero-order valence-corrected chi connectivity index (χ0v) is 25.0. The lowest BCUT2D eigenvalue weighted by Gasteiger charge is -2.40. The van der Waals surface area contributed by atoms with Gasteiger partial charge < -0.3 is 29.2 Å². The number of anilines is 1. The van der Waals surface area contributed by atoms with Gasteiger partial charge in [0.2, 0.25) is 11.8 Å². The normalized spacial score (nSPS) is 21.9. The highest BCUT2D eigenvalue weighted by Crippen LogP contribution is 2.55. The molecule has 1 unspecified atom stereocenters. The van der Waals surface area contributed by atoms with Crippen molar-refractivity contribution in [2.75, 3.05) is 39.3 Å². The van der Waals surface area contributed by atoms with E-state index in [2.05, 4.69) is 4.98 Å². The molecule has 1 saturated heterocycles. The summed E-state index contributed by atoms with van der Waals surface area (Å²) < 4.78 is 50.8. The Hall–Kier alpha value is -4.11. The second-order valence-corrected chi connectivity index (χ2v) is 12.0. The van der Waals surface area contributed by atoms with E-state index < -0.39 is 39.6 Å². The van der Waals surface area contributed by atoms with Crippen LogP contribution < -0.4 is 23.3 Å². The molecule has 228 valence electrons. The van der Waals surface area contributed by atoms with Crippen LogP contribution in [0.2, 0.25) is 5.02 Å². The lowest BCUT2D eigenvalue weighted by atomic mass is 9.81. The van der Waals surface area contributed by atoms with Crippen molar-refractivity contribution < 1.29 is 47.2 Å². The quantitative estimate of drug-likeness (QED) is 0.354. The van der Waals surface area contributed by atoms with Gasteiger partial charge in [0.05, 0.1) is 40.2 Å². The molecule has 43 heavy (non-hydrogen) atoms. The highest BCUT2D eigenvalue weighted by molar-refractivity contribution is 7.93. The number of methoxy groups -OCH3 is 4. The van der Waals surface area contributed by atoms with Crippen molar-refractivity contribution in [3.63, 3.8) is 0 Å². The third-order valence-corrected chi connectivity index (χ3v) is 9.54. The van der Waals surface area contributed by atoms with E-state index in [1.165, 1.54) is 81.9 Å². The van der Waals surface area contributed by atoms with Crippen molar-refractivity contribution in [1.82, 2.24) is 9.88 Å². The largest absolute Gasteiger partial charge is 0.497 e. The monoisotopic (exact) mass is 633 g/mol. The molecule has 0 aliphatic carbocycles. The molecule has 0 bridgehead atoms. The number of likely N-dealkylation sites (tertiary alicyclic amines) is 1. The number of aliphatic hydroxyl groups is 1. The van der Waals surface area contributed by atoms with Crippen molar-refractivity contribution in [1.29, 1.82) is 0 Å². The highest BCUT2D eigenvalue weighted by atomic mass is 35.5. The molecule has 0 spiro atoms. The van der Waals surface area contributed by atoms with E-state index in [1.807, 2.05) is 0 Å². The molecule has 15 heteroatoms. The zero-order valence-electron chi connectivity index (χ0n) is 23.5. The second-order valence-electron chi connectivity index (χ2n) is 9.77. The predicted octanol–water partition coefficient (Wildman–Crippen LogP) is 2.27. The van der Waals surface area contributed by atoms with E-state index in [1.54, 1.807) is 0 Å². The fraction of sp³-hybridized carbons (Fsp3) is 0.321. The third kappa shape index (κ3) is 4.61. The number of sulfonamides is 1. The zero-order chi connectivity index (χ0) is 31.3. The number of ether oxygens (including phenoxy) is 4. The van der Waals surface area contributed by atoms with Crippen molar-refractivity contribution >= 4 is 39.2 Å². The average Bonchev–Trinajstić information content (AvgIpc) is 3.51. The summed E-state index contributed by atoms with van der Waals surface area (Å²) in [4.78, 5) is 32.8. The first-order chi connectivity index (χ1) is 20.4. The van der Waals surface area contributed by atoms with Crippen molar-refractivity contribution in [3.05, 3.63) is 64.7 Å². The number of aliphatic carboxylic acids is 1. The number of amides is 1. The molecule has 2 aliphatic heterocycles. The van der Waals surface area contributed by atoms with E-state index in [-0.39, 0.29) is 57.2 Å². The molecule has 13 nitrogen and oxygen atoms in total. The maximum Gasteiger partial charge on any atom is 0.321 e. The van der Waals surface area contributed by atoms with E-state index in [4.69, 9.17) is 30.5 Å². The van der Waals surface area contributed by atoms with E-state index in [0.29, 0.717) is 10.1 Å². The standard InChI is InChI=1S/C28H28ClN3O10S/c1-39-17-6-9-23(22(13-17)40-2)43(37,38)32-20-8-5-15(29)11-19(20)28(27(32)36,31-14-16(33)12-21(31)26(34)35)18-7-10-24(41-3)30-25(18)42-4/h5-11,13,16,21,33H,12,14H2,1-4H3,(H,34,35)/t16-,21+,28?/m1/s1. The molecule has 0 saturated carbocycles. The van der Waals surface area contributed by atoms with Gasteiger partial charge in [0.1, 0.15) is 22.4 Å². The summed E-state index contributed by atoms with van der Waals surface area (Å²) in [6.45, 7) is -0.302. The average molecular weight is 634 g/mol. The van der Waals surface area contributed by atoms with Crippen LogP contribution in [0.5, 0.6) is 23.3 Å². The maximum atomic E-state index is 15.0. The Balaban J connectivity index is 1.87. The number of rotatable bonds is 9. The van der Waals surface area contributed by atoms with Crippen LogP contribution in [-0.4, -0.2) is 87.5 Å². The number of carbonyl (C=O) groups excluding carboxylic acids is 1. The van der Waals surface area contributed by atoms with E-state index in [0.717, 1.165) is 0 Å². The Bertz CT molecular complexity index is 1720. The number of aromatic nitrogens is 1. The molecule has 1 amide bonds. The number of aliphatic hydroxyl groups excluding tert-OH is 1. The maximum absolute atomic E-state index is 15.0. The SMILES string of the molecule is COc1ccc(S(=O)(=O)N2C(=O)C(c3ccc(OC)nc3OC)(N3C[C@H](O)C[C@H]3C(=O)O)c3cc(Cl)ccc32)c(OC)c1. The lowest BCUT2D eigenvalue weighted by molar-refractivity contribution is -0.145. The van der Waals surface area contributed by atoms with Crippen molar-refractivity contribution in [2.45, 2.75) is 29.0 Å². The molecule has 2 aliphatic rings. The number of carboxylic acids is 1. The van der Waals surface area contributed by atoms with Gasteiger partial charge in [0.15, 0.2) is 5.54 Å². The van der Waals surface area contributed by atoms with E-state index in [9.17, 15) is 23.4 Å². The summed E-state index contributed by atoms with van der Waals surface area (Å²) in [5.74, 6) is -2.18. The van der Waals surface area contributed by atoms with Gasteiger partial charge in [0, 0.05) is 41.2 Å². The van der Waals surface area contributed by atoms with Gasteiger partial charge in [-0.15, -0.1) is 0 Å². The Morgan fingerprint density at radius 2 is 1.74 bits per heavy atom. The lowest BCUT2D eigenvalue weighted by Crippen LogP contribution is -2.58. The Morgan fingerprint density at radius 3 is 2.37 bits per heavy atom. The smallest absolute Gasteiger partial charge is 0.321 e. The first-order valence-electron chi connectivity index (χ1n) is 12.8. The van der Waals surface area contributed by atoms with Gasteiger partial charge in [0.25, 0.3) is 15.9 Å². The number of β-amino-alcohol motifs (C(OH)–C–C–N with tert-alkyl or cyclic N) is 1. The van der Waals surface area contributed by atoms with Gasteiger partial charge in [-0.1, -0.05) is 11.6 Å². The molecule has 1 aromatic heterocycles. The number of hydrogen-bond acceptors (Lipinski definition) is 11. The van der Waals surface area contributed by atoms with Gasteiger partial charge >= 0.3 is 5.97 Å². The first kappa shape index (κ1) is 30.4. The van der Waals surface area contributed by atoms with Crippen LogP contribution in [0, 0.1) is 0 Å². The van der Waals surface area contributed by atoms with Gasteiger partial charge in [-0.05, 0) is 36.4 Å². The van der Waals surface area contributed by atoms with Crippen LogP contribution in [-0.2, 0) is 25.2 Å². The summed E-state index contributed by atoms with van der Waals surface area (Å²) in [5, 5.41) is 21.1. The van der Waals surface area contributed by atoms with Gasteiger partial charge in [-0.2, -0.15) is 4.98 Å². The molecule has 1 fully saturated rings. The minimum atomic E-state index is -4.74. The molecular weight excluding hydrogens is 606 g/mol. The van der Waals surface area contributed by atoms with Crippen LogP contribution in [0.25, 0.3) is 0 Å². The summed E-state index contributed by atoms with van der Waals surface area (Å²) in [7, 11) is 0.609. The number of nitrogens with zero attached hydrogens (tertiary/aromatic N) is 3. The Kier molecular flexibility index (Phi) is 7.90. The number of benzene rings is 2. The second kappa shape index (κ2) is 11.2. The van der Waals surface area contributed by atoms with Crippen LogP contribution >= 0.6 is 11.6 Å². The molecule has 3 atom stereocenters. The Labute approximate surface area is 252 Å². The molecule has 2 N–H and O–H groups in total. The summed E-state index contributed by atoms with van der Waals surface area (Å²) in [6, 6.07) is 9.63. The molecular formula is C28H28ClN3O10S.